The first-order valence-corrected chi connectivity index (χ1v) is 12.2. The van der Waals surface area contributed by atoms with Crippen molar-refractivity contribution in [3.63, 3.8) is 0 Å². The third-order valence-electron chi connectivity index (χ3n) is 6.71. The largest absolute Gasteiger partial charge is 0.427 e. The standard InChI is InChI=1S/C28H35N3O3/c1-19(2)31-20(3)27(25-18-24(34-21(4)32)10-11-26(25)31)28(33)29-23-13-16-30(17-14-23)15-12-22-8-6-5-7-9-22/h5-11,18-19,23H,12-17H2,1-4H3,(H,29,33). The fourth-order valence-corrected chi connectivity index (χ4v) is 5.09. The molecule has 0 aliphatic carbocycles. The number of rotatable bonds is 7. The first-order chi connectivity index (χ1) is 16.3. The molecule has 6 nitrogen and oxygen atoms in total. The Bertz CT molecular complexity index is 1160. The maximum atomic E-state index is 13.5. The fourth-order valence-electron chi connectivity index (χ4n) is 5.09. The number of hydrogen-bond acceptors (Lipinski definition) is 4. The number of aromatic nitrogens is 1. The fraction of sp³-hybridized carbons (Fsp3) is 0.429. The molecule has 1 aliphatic rings. The van der Waals surface area contributed by atoms with Crippen LogP contribution in [0.5, 0.6) is 5.75 Å². The highest BCUT2D eigenvalue weighted by Gasteiger charge is 2.26. The number of nitrogens with one attached hydrogen (secondary N) is 1. The van der Waals surface area contributed by atoms with Crippen LogP contribution in [-0.2, 0) is 11.2 Å². The van der Waals surface area contributed by atoms with Crippen molar-refractivity contribution in [1.82, 2.24) is 14.8 Å². The topological polar surface area (TPSA) is 63.6 Å². The first-order valence-electron chi connectivity index (χ1n) is 12.2. The molecule has 0 atom stereocenters. The molecule has 180 valence electrons. The van der Waals surface area contributed by atoms with Gasteiger partial charge in [-0.05, 0) is 63.8 Å². The van der Waals surface area contributed by atoms with Gasteiger partial charge in [-0.2, -0.15) is 0 Å². The van der Waals surface area contributed by atoms with E-state index >= 15 is 0 Å². The van der Waals surface area contributed by atoms with Gasteiger partial charge in [0, 0.05) is 55.2 Å². The van der Waals surface area contributed by atoms with E-state index in [-0.39, 0.29) is 24.0 Å². The lowest BCUT2D eigenvalue weighted by Crippen LogP contribution is -2.45. The molecule has 1 aromatic heterocycles. The molecular formula is C28H35N3O3. The van der Waals surface area contributed by atoms with Gasteiger partial charge < -0.3 is 19.5 Å². The van der Waals surface area contributed by atoms with E-state index in [1.165, 1.54) is 12.5 Å². The van der Waals surface area contributed by atoms with Gasteiger partial charge in [0.25, 0.3) is 5.91 Å². The Morgan fingerprint density at radius 1 is 1.09 bits per heavy atom. The lowest BCUT2D eigenvalue weighted by atomic mass is 10.0. The number of fused-ring (bicyclic) bond motifs is 1. The molecule has 0 saturated carbocycles. The third kappa shape index (κ3) is 5.33. The number of likely N-dealkylation sites (tertiary alicyclic amines) is 1. The summed E-state index contributed by atoms with van der Waals surface area (Å²) < 4.78 is 7.47. The van der Waals surface area contributed by atoms with Crippen molar-refractivity contribution >= 4 is 22.8 Å². The Morgan fingerprint density at radius 2 is 1.79 bits per heavy atom. The normalized spacial score (nSPS) is 15.1. The van der Waals surface area contributed by atoms with Gasteiger partial charge in [-0.25, -0.2) is 0 Å². The minimum Gasteiger partial charge on any atom is -0.427 e. The van der Waals surface area contributed by atoms with Crippen LogP contribution < -0.4 is 10.1 Å². The number of benzene rings is 2. The molecule has 0 bridgehead atoms. The smallest absolute Gasteiger partial charge is 0.308 e. The maximum Gasteiger partial charge on any atom is 0.308 e. The van der Waals surface area contributed by atoms with Crippen molar-refractivity contribution in [2.75, 3.05) is 19.6 Å². The van der Waals surface area contributed by atoms with Crippen LogP contribution in [0.4, 0.5) is 0 Å². The van der Waals surface area contributed by atoms with Crippen LogP contribution in [0.15, 0.2) is 48.5 Å². The molecular weight excluding hydrogens is 426 g/mol. The van der Waals surface area contributed by atoms with Crippen molar-refractivity contribution in [2.24, 2.45) is 0 Å². The Hall–Kier alpha value is -3.12. The summed E-state index contributed by atoms with van der Waals surface area (Å²) in [5.41, 5.74) is 3.94. The van der Waals surface area contributed by atoms with Gasteiger partial charge in [0.15, 0.2) is 0 Å². The zero-order valence-electron chi connectivity index (χ0n) is 20.6. The SMILES string of the molecule is CC(=O)Oc1ccc2c(c1)c(C(=O)NC1CCN(CCc3ccccc3)CC1)c(C)n2C(C)C. The number of piperidine rings is 1. The second-order valence-corrected chi connectivity index (χ2v) is 9.52. The molecule has 0 unspecified atom stereocenters. The molecule has 3 aromatic rings. The highest BCUT2D eigenvalue weighted by atomic mass is 16.5. The van der Waals surface area contributed by atoms with Gasteiger partial charge in [-0.3, -0.25) is 9.59 Å². The molecule has 0 radical (unpaired) electrons. The Morgan fingerprint density at radius 3 is 2.44 bits per heavy atom. The quantitative estimate of drug-likeness (QED) is 0.402. The minimum atomic E-state index is -0.371. The third-order valence-corrected chi connectivity index (χ3v) is 6.71. The number of nitrogens with zero attached hydrogens (tertiary/aromatic N) is 2. The Labute approximate surface area is 201 Å². The molecule has 1 amide bonds. The second kappa shape index (κ2) is 10.4. The summed E-state index contributed by atoms with van der Waals surface area (Å²) in [6.07, 6.45) is 2.94. The number of hydrogen-bond donors (Lipinski definition) is 1. The number of carbonyl (C=O) groups excluding carboxylic acids is 2. The summed E-state index contributed by atoms with van der Waals surface area (Å²) in [5.74, 6) is 0.0377. The van der Waals surface area contributed by atoms with E-state index in [1.54, 1.807) is 6.07 Å². The maximum absolute atomic E-state index is 13.5. The van der Waals surface area contributed by atoms with E-state index in [0.29, 0.717) is 11.3 Å². The van der Waals surface area contributed by atoms with Gasteiger partial charge in [0.05, 0.1) is 5.56 Å². The van der Waals surface area contributed by atoms with Crippen molar-refractivity contribution in [2.45, 2.75) is 59.0 Å². The number of esters is 1. The van der Waals surface area contributed by atoms with E-state index in [2.05, 4.69) is 59.0 Å². The molecule has 1 N–H and O–H groups in total. The van der Waals surface area contributed by atoms with Gasteiger partial charge >= 0.3 is 5.97 Å². The lowest BCUT2D eigenvalue weighted by Gasteiger charge is -2.32. The number of ether oxygens (including phenoxy) is 1. The van der Waals surface area contributed by atoms with Crippen LogP contribution in [-0.4, -0.2) is 47.0 Å². The summed E-state index contributed by atoms with van der Waals surface area (Å²) in [6, 6.07) is 16.5. The van der Waals surface area contributed by atoms with Gasteiger partial charge in [0.1, 0.15) is 5.75 Å². The Kier molecular flexibility index (Phi) is 7.37. The van der Waals surface area contributed by atoms with E-state index in [4.69, 9.17) is 4.74 Å². The summed E-state index contributed by atoms with van der Waals surface area (Å²) in [5, 5.41) is 4.11. The number of carbonyl (C=O) groups is 2. The predicted molar refractivity (Wildman–Crippen MR) is 135 cm³/mol. The van der Waals surface area contributed by atoms with Crippen LogP contribution in [0, 0.1) is 6.92 Å². The van der Waals surface area contributed by atoms with Crippen LogP contribution in [0.3, 0.4) is 0 Å². The molecule has 2 aromatic carbocycles. The predicted octanol–water partition coefficient (Wildman–Crippen LogP) is 4.89. The highest BCUT2D eigenvalue weighted by Crippen LogP contribution is 2.32. The van der Waals surface area contributed by atoms with Crippen molar-refractivity contribution in [3.8, 4) is 5.75 Å². The monoisotopic (exact) mass is 461 g/mol. The summed E-state index contributed by atoms with van der Waals surface area (Å²) in [4.78, 5) is 27.4. The Balaban J connectivity index is 1.45. The molecule has 34 heavy (non-hydrogen) atoms. The zero-order chi connectivity index (χ0) is 24.2. The molecule has 1 fully saturated rings. The summed E-state index contributed by atoms with van der Waals surface area (Å²) in [6.45, 7) is 10.6. The van der Waals surface area contributed by atoms with E-state index < -0.39 is 0 Å². The molecule has 1 saturated heterocycles. The van der Waals surface area contributed by atoms with Crippen LogP contribution in [0.25, 0.3) is 10.9 Å². The lowest BCUT2D eigenvalue weighted by molar-refractivity contribution is -0.131. The number of amides is 1. The molecule has 4 rings (SSSR count). The average molecular weight is 462 g/mol. The molecule has 0 spiro atoms. The van der Waals surface area contributed by atoms with Crippen molar-refractivity contribution < 1.29 is 14.3 Å². The summed E-state index contributed by atoms with van der Waals surface area (Å²) in [7, 11) is 0. The zero-order valence-corrected chi connectivity index (χ0v) is 20.6. The van der Waals surface area contributed by atoms with Crippen LogP contribution in [0.1, 0.15) is 61.3 Å². The molecule has 2 heterocycles. The van der Waals surface area contributed by atoms with Gasteiger partial charge in [-0.15, -0.1) is 0 Å². The highest BCUT2D eigenvalue weighted by molar-refractivity contribution is 6.09. The van der Waals surface area contributed by atoms with Gasteiger partial charge in [0.2, 0.25) is 0 Å². The van der Waals surface area contributed by atoms with Crippen LogP contribution in [0.2, 0.25) is 0 Å². The van der Waals surface area contributed by atoms with Gasteiger partial charge in [-0.1, -0.05) is 30.3 Å². The molecule has 6 heteroatoms. The van der Waals surface area contributed by atoms with Crippen molar-refractivity contribution in [3.05, 3.63) is 65.4 Å². The van der Waals surface area contributed by atoms with E-state index in [0.717, 1.165) is 55.5 Å². The minimum absolute atomic E-state index is 0.0513. The van der Waals surface area contributed by atoms with Crippen molar-refractivity contribution in [1.29, 1.82) is 0 Å². The van der Waals surface area contributed by atoms with E-state index in [1.807, 2.05) is 19.1 Å². The average Bonchev–Trinajstić information content (AvgIpc) is 3.10. The first kappa shape index (κ1) is 24.0. The molecule has 1 aliphatic heterocycles. The summed E-state index contributed by atoms with van der Waals surface area (Å²) >= 11 is 0. The van der Waals surface area contributed by atoms with Crippen LogP contribution >= 0.6 is 0 Å². The van der Waals surface area contributed by atoms with E-state index in [9.17, 15) is 9.59 Å². The second-order valence-electron chi connectivity index (χ2n) is 9.52.